The maximum Gasteiger partial charge on any atom is 0.116 e. The van der Waals surface area contributed by atoms with Gasteiger partial charge in [0.25, 0.3) is 0 Å². The second-order valence-corrected chi connectivity index (χ2v) is 8.43. The van der Waals surface area contributed by atoms with Crippen LogP contribution in [0.15, 0.2) is 61.1 Å². The van der Waals surface area contributed by atoms with Gasteiger partial charge in [0.1, 0.15) is 5.69 Å². The number of piperidine rings is 1. The van der Waals surface area contributed by atoms with Crippen LogP contribution in [0.3, 0.4) is 0 Å². The molecule has 1 saturated heterocycles. The Morgan fingerprint density at radius 2 is 1.87 bits per heavy atom. The van der Waals surface area contributed by atoms with E-state index in [0.29, 0.717) is 0 Å². The zero-order valence-corrected chi connectivity index (χ0v) is 17.2. The van der Waals surface area contributed by atoms with Crippen molar-refractivity contribution in [3.63, 3.8) is 0 Å². The third kappa shape index (κ3) is 3.49. The van der Waals surface area contributed by atoms with Gasteiger partial charge in [0.15, 0.2) is 0 Å². The fourth-order valence-electron chi connectivity index (χ4n) is 4.66. The molecule has 0 bridgehead atoms. The molecule has 31 heavy (non-hydrogen) atoms. The highest BCUT2D eigenvalue weighted by Gasteiger charge is 2.15. The molecule has 6 heteroatoms. The topological polar surface area (TPSA) is 82.3 Å². The molecular formula is C25H24N6. The van der Waals surface area contributed by atoms with Gasteiger partial charge in [-0.05, 0) is 85.8 Å². The molecule has 0 radical (unpaired) electrons. The van der Waals surface area contributed by atoms with Crippen molar-refractivity contribution < 1.29 is 0 Å². The Labute approximate surface area is 180 Å². The quantitative estimate of drug-likeness (QED) is 0.402. The lowest BCUT2D eigenvalue weighted by molar-refractivity contribution is 0.372. The van der Waals surface area contributed by atoms with Gasteiger partial charge < -0.3 is 10.3 Å². The summed E-state index contributed by atoms with van der Waals surface area (Å²) in [7, 11) is 0. The third-order valence-corrected chi connectivity index (χ3v) is 6.32. The van der Waals surface area contributed by atoms with Crippen molar-refractivity contribution in [2.24, 2.45) is 5.92 Å². The SMILES string of the molecule is c1cnc2cc(-c3n[nH]c4ccc(-c5cncc(CC6CCNCC6)c5)cc34)[nH]c2c1. The molecule has 0 aliphatic carbocycles. The maximum atomic E-state index is 4.58. The first kappa shape index (κ1) is 18.3. The number of fused-ring (bicyclic) bond motifs is 2. The Kier molecular flexibility index (Phi) is 4.50. The largest absolute Gasteiger partial charge is 0.352 e. The van der Waals surface area contributed by atoms with Gasteiger partial charge in [0.2, 0.25) is 0 Å². The summed E-state index contributed by atoms with van der Waals surface area (Å²) in [5, 5.41) is 12.3. The van der Waals surface area contributed by atoms with E-state index in [9.17, 15) is 0 Å². The fourth-order valence-corrected chi connectivity index (χ4v) is 4.66. The number of aromatic nitrogens is 5. The van der Waals surface area contributed by atoms with Crippen molar-refractivity contribution in [3.05, 3.63) is 66.6 Å². The number of benzene rings is 1. The lowest BCUT2D eigenvalue weighted by Crippen LogP contribution is -2.28. The van der Waals surface area contributed by atoms with E-state index in [1.165, 1.54) is 18.4 Å². The number of hydrogen-bond acceptors (Lipinski definition) is 4. The number of H-pyrrole nitrogens is 2. The first-order valence-corrected chi connectivity index (χ1v) is 10.9. The minimum atomic E-state index is 0.747. The van der Waals surface area contributed by atoms with Gasteiger partial charge in [-0.2, -0.15) is 5.10 Å². The normalized spacial score (nSPS) is 15.1. The van der Waals surface area contributed by atoms with Gasteiger partial charge in [-0.3, -0.25) is 15.1 Å². The maximum absolute atomic E-state index is 4.58. The van der Waals surface area contributed by atoms with Crippen molar-refractivity contribution in [3.8, 4) is 22.5 Å². The number of hydrogen-bond donors (Lipinski definition) is 3. The molecule has 6 rings (SSSR count). The molecule has 1 aromatic carbocycles. The van der Waals surface area contributed by atoms with E-state index in [1.807, 2.05) is 30.7 Å². The van der Waals surface area contributed by atoms with Crippen molar-refractivity contribution in [1.82, 2.24) is 30.5 Å². The van der Waals surface area contributed by atoms with Crippen LogP contribution in [0.25, 0.3) is 44.5 Å². The van der Waals surface area contributed by atoms with Gasteiger partial charge in [-0.1, -0.05) is 6.07 Å². The van der Waals surface area contributed by atoms with E-state index < -0.39 is 0 Å². The highest BCUT2D eigenvalue weighted by atomic mass is 15.1. The molecule has 154 valence electrons. The average Bonchev–Trinajstić information content (AvgIpc) is 3.43. The molecular weight excluding hydrogens is 384 g/mol. The standard InChI is InChI=1S/C25H24N6/c1-2-22-23(28-7-1)13-24(29-22)25-20-12-18(3-4-21(20)30-31-25)19-11-17(14-27-15-19)10-16-5-8-26-9-6-16/h1-4,7,11-16,26,29H,5-6,8-10H2,(H,30,31). The summed E-state index contributed by atoms with van der Waals surface area (Å²) in [6.07, 6.45) is 9.38. The zero-order chi connectivity index (χ0) is 20.6. The lowest BCUT2D eigenvalue weighted by atomic mass is 9.91. The monoisotopic (exact) mass is 408 g/mol. The summed E-state index contributed by atoms with van der Waals surface area (Å²) < 4.78 is 0. The highest BCUT2D eigenvalue weighted by Crippen LogP contribution is 2.31. The Morgan fingerprint density at radius 3 is 2.77 bits per heavy atom. The van der Waals surface area contributed by atoms with E-state index in [0.717, 1.165) is 69.9 Å². The predicted molar refractivity (Wildman–Crippen MR) is 124 cm³/mol. The van der Waals surface area contributed by atoms with E-state index in [2.05, 4.69) is 60.8 Å². The summed E-state index contributed by atoms with van der Waals surface area (Å²) in [6.45, 7) is 2.25. The molecule has 0 amide bonds. The van der Waals surface area contributed by atoms with Gasteiger partial charge >= 0.3 is 0 Å². The van der Waals surface area contributed by atoms with Crippen LogP contribution in [0.4, 0.5) is 0 Å². The van der Waals surface area contributed by atoms with Crippen LogP contribution >= 0.6 is 0 Å². The second-order valence-electron chi connectivity index (χ2n) is 8.43. The van der Waals surface area contributed by atoms with E-state index in [-0.39, 0.29) is 0 Å². The van der Waals surface area contributed by atoms with Crippen LogP contribution in [-0.4, -0.2) is 38.2 Å². The Bertz CT molecular complexity index is 1330. The number of rotatable bonds is 4. The van der Waals surface area contributed by atoms with Crippen LogP contribution in [0.5, 0.6) is 0 Å². The third-order valence-electron chi connectivity index (χ3n) is 6.32. The summed E-state index contributed by atoms with van der Waals surface area (Å²) in [5.74, 6) is 0.747. The Balaban J connectivity index is 1.36. The van der Waals surface area contributed by atoms with Gasteiger partial charge in [-0.25, -0.2) is 0 Å². The second kappa shape index (κ2) is 7.63. The molecule has 5 aromatic rings. The highest BCUT2D eigenvalue weighted by molar-refractivity contribution is 5.97. The average molecular weight is 409 g/mol. The first-order valence-electron chi connectivity index (χ1n) is 10.9. The number of nitrogens with zero attached hydrogens (tertiary/aromatic N) is 3. The molecule has 4 aromatic heterocycles. The fraction of sp³-hybridized carbons (Fsp3) is 0.240. The first-order chi connectivity index (χ1) is 15.3. The molecule has 6 nitrogen and oxygen atoms in total. The minimum absolute atomic E-state index is 0.747. The van der Waals surface area contributed by atoms with Gasteiger partial charge in [-0.15, -0.1) is 0 Å². The predicted octanol–water partition coefficient (Wildman–Crippen LogP) is 4.71. The van der Waals surface area contributed by atoms with E-state index >= 15 is 0 Å². The van der Waals surface area contributed by atoms with Crippen LogP contribution in [-0.2, 0) is 6.42 Å². The van der Waals surface area contributed by atoms with Crippen LogP contribution in [0.1, 0.15) is 18.4 Å². The van der Waals surface area contributed by atoms with Crippen LogP contribution < -0.4 is 5.32 Å². The van der Waals surface area contributed by atoms with E-state index in [4.69, 9.17) is 0 Å². The van der Waals surface area contributed by atoms with Gasteiger partial charge in [0.05, 0.1) is 22.2 Å². The molecule has 0 atom stereocenters. The van der Waals surface area contributed by atoms with Gasteiger partial charge in [0, 0.05) is 29.5 Å². The van der Waals surface area contributed by atoms with Crippen molar-refractivity contribution in [1.29, 1.82) is 0 Å². The molecule has 1 fully saturated rings. The molecule has 1 aliphatic rings. The lowest BCUT2D eigenvalue weighted by Gasteiger charge is -2.22. The molecule has 1 aliphatic heterocycles. The summed E-state index contributed by atoms with van der Waals surface area (Å²) in [4.78, 5) is 12.4. The Hall–Kier alpha value is -3.51. The molecule has 3 N–H and O–H groups in total. The molecule has 0 saturated carbocycles. The molecule has 0 spiro atoms. The van der Waals surface area contributed by atoms with Crippen LogP contribution in [0.2, 0.25) is 0 Å². The number of nitrogens with one attached hydrogen (secondary N) is 3. The molecule has 5 heterocycles. The summed E-state index contributed by atoms with van der Waals surface area (Å²) >= 11 is 0. The number of aromatic amines is 2. The minimum Gasteiger partial charge on any atom is -0.352 e. The molecule has 0 unspecified atom stereocenters. The summed E-state index contributed by atoms with van der Waals surface area (Å²) in [5.41, 5.74) is 8.48. The Morgan fingerprint density at radius 1 is 0.935 bits per heavy atom. The van der Waals surface area contributed by atoms with Crippen LogP contribution in [0, 0.1) is 5.92 Å². The zero-order valence-electron chi connectivity index (χ0n) is 17.2. The summed E-state index contributed by atoms with van der Waals surface area (Å²) in [6, 6.07) is 14.8. The van der Waals surface area contributed by atoms with Crippen molar-refractivity contribution in [2.75, 3.05) is 13.1 Å². The van der Waals surface area contributed by atoms with E-state index in [1.54, 1.807) is 0 Å². The number of pyridine rings is 2. The van der Waals surface area contributed by atoms with Crippen molar-refractivity contribution in [2.45, 2.75) is 19.3 Å². The smallest absolute Gasteiger partial charge is 0.116 e. The van der Waals surface area contributed by atoms with Crippen molar-refractivity contribution >= 4 is 21.9 Å².